The van der Waals surface area contributed by atoms with E-state index in [0.29, 0.717) is 0 Å². The van der Waals surface area contributed by atoms with Crippen molar-refractivity contribution in [3.63, 3.8) is 0 Å². The van der Waals surface area contributed by atoms with Crippen LogP contribution in [0, 0.1) is 27.3 Å². The van der Waals surface area contributed by atoms with Crippen LogP contribution in [-0.2, 0) is 4.79 Å². The van der Waals surface area contributed by atoms with Gasteiger partial charge in [-0.1, -0.05) is 0 Å². The van der Waals surface area contributed by atoms with E-state index >= 15 is 0 Å². The van der Waals surface area contributed by atoms with E-state index < -0.39 is 28.8 Å². The van der Waals surface area contributed by atoms with Gasteiger partial charge in [-0.2, -0.15) is 9.65 Å². The highest BCUT2D eigenvalue weighted by atomic mass is 19.1. The van der Waals surface area contributed by atoms with E-state index in [4.69, 9.17) is 10.00 Å². The summed E-state index contributed by atoms with van der Waals surface area (Å²) in [6.45, 7) is 0. The van der Waals surface area contributed by atoms with Crippen LogP contribution in [0.25, 0.3) is 0 Å². The van der Waals surface area contributed by atoms with Crippen molar-refractivity contribution in [1.82, 2.24) is 0 Å². The van der Waals surface area contributed by atoms with E-state index in [1.807, 2.05) is 0 Å². The maximum Gasteiger partial charge on any atom is 0.307 e. The highest BCUT2D eigenvalue weighted by molar-refractivity contribution is 5.93. The fourth-order valence-corrected chi connectivity index (χ4v) is 1.22. The van der Waals surface area contributed by atoms with Gasteiger partial charge in [0, 0.05) is 12.1 Å². The monoisotopic (exact) mass is 253 g/mol. The molecule has 0 aromatic heterocycles. The first-order valence-electron chi connectivity index (χ1n) is 4.68. The molecule has 0 fully saturated rings. The van der Waals surface area contributed by atoms with Gasteiger partial charge in [0.25, 0.3) is 0 Å². The topological polar surface area (TPSA) is 105 Å². The average molecular weight is 253 g/mol. The van der Waals surface area contributed by atoms with Crippen molar-refractivity contribution in [3.8, 4) is 11.8 Å². The second-order valence-corrected chi connectivity index (χ2v) is 3.14. The van der Waals surface area contributed by atoms with E-state index in [2.05, 4.69) is 5.32 Å². The molecule has 1 N–H and O–H groups in total. The van der Waals surface area contributed by atoms with Gasteiger partial charge in [0.1, 0.15) is 12.2 Å². The lowest BCUT2D eigenvalue weighted by Gasteiger charge is -2.09. The quantitative estimate of drug-likeness (QED) is 0.647. The molecule has 0 saturated heterocycles. The maximum absolute atomic E-state index is 13.3. The second kappa shape index (κ2) is 5.58. The molecule has 0 spiro atoms. The third kappa shape index (κ3) is 2.91. The number of anilines is 1. The molecule has 0 aliphatic heterocycles. The van der Waals surface area contributed by atoms with Crippen molar-refractivity contribution in [2.75, 3.05) is 12.4 Å². The summed E-state index contributed by atoms with van der Waals surface area (Å²) < 4.78 is 18.0. The van der Waals surface area contributed by atoms with Gasteiger partial charge < -0.3 is 10.1 Å². The zero-order valence-corrected chi connectivity index (χ0v) is 9.27. The summed E-state index contributed by atoms with van der Waals surface area (Å²) in [6.07, 6.45) is -0.422. The van der Waals surface area contributed by atoms with Crippen molar-refractivity contribution in [2.24, 2.45) is 0 Å². The Bertz CT molecular complexity index is 539. The summed E-state index contributed by atoms with van der Waals surface area (Å²) in [5.41, 5.74) is -0.853. The molecule has 0 saturated carbocycles. The zero-order chi connectivity index (χ0) is 13.7. The Balaban J connectivity index is 3.16. The van der Waals surface area contributed by atoms with Crippen molar-refractivity contribution in [1.29, 1.82) is 5.26 Å². The van der Waals surface area contributed by atoms with Gasteiger partial charge in [-0.25, -0.2) is 0 Å². The summed E-state index contributed by atoms with van der Waals surface area (Å²) in [5, 5.41) is 21.1. The third-order valence-electron chi connectivity index (χ3n) is 1.98. The van der Waals surface area contributed by atoms with Crippen molar-refractivity contribution < 1.29 is 18.8 Å². The van der Waals surface area contributed by atoms with E-state index in [1.165, 1.54) is 7.11 Å². The van der Waals surface area contributed by atoms with Crippen LogP contribution in [0.4, 0.5) is 15.8 Å². The van der Waals surface area contributed by atoms with Gasteiger partial charge in [-0.3, -0.25) is 14.9 Å². The van der Waals surface area contributed by atoms with Gasteiger partial charge >= 0.3 is 5.69 Å². The first kappa shape index (κ1) is 13.4. The number of nitrogens with one attached hydrogen (secondary N) is 1. The number of nitro groups is 1. The number of nitriles is 1. The van der Waals surface area contributed by atoms with Crippen LogP contribution < -0.4 is 10.1 Å². The number of nitrogens with zero attached hydrogens (tertiary/aromatic N) is 2. The molecule has 0 atom stereocenters. The number of methoxy groups -OCH3 is 1. The number of hydrogen-bond donors (Lipinski definition) is 1. The molecule has 1 rings (SSSR count). The molecule has 8 heteroatoms. The van der Waals surface area contributed by atoms with Crippen molar-refractivity contribution >= 4 is 17.3 Å². The molecular weight excluding hydrogens is 245 g/mol. The molecule has 94 valence electrons. The molecule has 1 aromatic carbocycles. The Morgan fingerprint density at radius 1 is 1.67 bits per heavy atom. The lowest BCUT2D eigenvalue weighted by molar-refractivity contribution is -0.387. The van der Waals surface area contributed by atoms with Crippen LogP contribution in [-0.4, -0.2) is 17.9 Å². The maximum atomic E-state index is 13.3. The lowest BCUT2D eigenvalue weighted by Crippen LogP contribution is -2.11. The first-order valence-corrected chi connectivity index (χ1v) is 4.68. The van der Waals surface area contributed by atoms with Crippen molar-refractivity contribution in [2.45, 2.75) is 6.42 Å². The minimum atomic E-state index is -1.07. The van der Waals surface area contributed by atoms with Crippen LogP contribution >= 0.6 is 0 Å². The molecule has 1 amide bonds. The standard InChI is InChI=1S/C10H8FN3O4/c1-18-9-4-6(11)8(14(16)17)5-7(9)13-10(15)2-3-12/h4-5H,2H2,1H3,(H,13,15). The zero-order valence-electron chi connectivity index (χ0n) is 9.27. The molecule has 1 aromatic rings. The Hall–Kier alpha value is -2.69. The highest BCUT2D eigenvalue weighted by Crippen LogP contribution is 2.31. The number of halogens is 1. The molecule has 0 aliphatic carbocycles. The van der Waals surface area contributed by atoms with Gasteiger partial charge in [0.15, 0.2) is 0 Å². The molecule has 0 aliphatic rings. The summed E-state index contributed by atoms with van der Waals surface area (Å²) in [5.74, 6) is -1.81. The number of ether oxygens (including phenoxy) is 1. The smallest absolute Gasteiger partial charge is 0.307 e. The molecule has 0 heterocycles. The Labute approximate surface area is 101 Å². The largest absolute Gasteiger partial charge is 0.494 e. The minimum Gasteiger partial charge on any atom is -0.494 e. The van der Waals surface area contributed by atoms with E-state index in [9.17, 15) is 19.3 Å². The average Bonchev–Trinajstić information content (AvgIpc) is 2.30. The Morgan fingerprint density at radius 2 is 2.33 bits per heavy atom. The highest BCUT2D eigenvalue weighted by Gasteiger charge is 2.19. The number of amides is 1. The van der Waals surface area contributed by atoms with E-state index in [1.54, 1.807) is 6.07 Å². The fourth-order valence-electron chi connectivity index (χ4n) is 1.22. The second-order valence-electron chi connectivity index (χ2n) is 3.14. The van der Waals surface area contributed by atoms with Gasteiger partial charge in [-0.15, -0.1) is 0 Å². The number of benzene rings is 1. The molecule has 7 nitrogen and oxygen atoms in total. The molecule has 0 bridgehead atoms. The molecule has 0 radical (unpaired) electrons. The summed E-state index contributed by atoms with van der Waals surface area (Å²) in [6, 6.07) is 3.24. The van der Waals surface area contributed by atoms with Crippen LogP contribution in [0.1, 0.15) is 6.42 Å². The van der Waals surface area contributed by atoms with Crippen molar-refractivity contribution in [3.05, 3.63) is 28.1 Å². The summed E-state index contributed by atoms with van der Waals surface area (Å²) in [4.78, 5) is 20.8. The normalized spacial score (nSPS) is 9.39. The van der Waals surface area contributed by atoms with Gasteiger partial charge in [0.2, 0.25) is 11.7 Å². The first-order chi connectivity index (χ1) is 8.49. The van der Waals surface area contributed by atoms with E-state index in [0.717, 1.165) is 12.1 Å². The molecule has 0 unspecified atom stereocenters. The Morgan fingerprint density at radius 3 is 2.83 bits per heavy atom. The lowest BCUT2D eigenvalue weighted by atomic mass is 10.2. The predicted molar refractivity (Wildman–Crippen MR) is 58.5 cm³/mol. The van der Waals surface area contributed by atoms with Crippen LogP contribution in [0.2, 0.25) is 0 Å². The SMILES string of the molecule is COc1cc(F)c([N+](=O)[O-])cc1NC(=O)CC#N. The van der Waals surface area contributed by atoms with Crippen LogP contribution in [0.15, 0.2) is 12.1 Å². The molecule has 18 heavy (non-hydrogen) atoms. The number of hydrogen-bond acceptors (Lipinski definition) is 5. The minimum absolute atomic E-state index is 0.0640. The van der Waals surface area contributed by atoms with Crippen LogP contribution in [0.5, 0.6) is 5.75 Å². The summed E-state index contributed by atoms with van der Waals surface area (Å²) >= 11 is 0. The third-order valence-corrected chi connectivity index (χ3v) is 1.98. The van der Waals surface area contributed by atoms with Gasteiger partial charge in [-0.05, 0) is 0 Å². The number of carbonyl (C=O) groups excluding carboxylic acids is 1. The van der Waals surface area contributed by atoms with Gasteiger partial charge in [0.05, 0.1) is 23.8 Å². The number of nitro benzene ring substituents is 1. The van der Waals surface area contributed by atoms with Crippen LogP contribution in [0.3, 0.4) is 0 Å². The van der Waals surface area contributed by atoms with E-state index in [-0.39, 0.29) is 11.4 Å². The fraction of sp³-hybridized carbons (Fsp3) is 0.200. The predicted octanol–water partition coefficient (Wildman–Crippen LogP) is 1.59. The summed E-state index contributed by atoms with van der Waals surface area (Å²) in [7, 11) is 1.22. The molecular formula is C10H8FN3O4. The Kier molecular flexibility index (Phi) is 4.15. The number of rotatable bonds is 4. The number of carbonyl (C=O) groups is 1.